The average molecular weight is 394 g/mol. The summed E-state index contributed by atoms with van der Waals surface area (Å²) in [7, 11) is -8.10. The minimum Gasteiger partial charge on any atom is -0.381 e. The second-order valence-electron chi connectivity index (χ2n) is 4.94. The molecule has 0 spiro atoms. The van der Waals surface area contributed by atoms with E-state index in [2.05, 4.69) is 3.87 Å². The molecule has 140 valence electrons. The summed E-state index contributed by atoms with van der Waals surface area (Å²) in [6, 6.07) is 0. The van der Waals surface area contributed by atoms with Gasteiger partial charge in [-0.2, -0.15) is 39.2 Å². The number of ether oxygens (including phenoxy) is 1. The second kappa shape index (κ2) is 10.3. The number of hydrogen-bond acceptors (Lipinski definition) is 4. The first-order chi connectivity index (χ1) is 10.1. The van der Waals surface area contributed by atoms with Gasteiger partial charge in [0, 0.05) is 13.2 Å². The highest BCUT2D eigenvalue weighted by molar-refractivity contribution is 7.88. The third kappa shape index (κ3) is 14.6. The van der Waals surface area contributed by atoms with Gasteiger partial charge in [-0.05, 0) is 32.5 Å². The molecule has 1 saturated heterocycles. The zero-order chi connectivity index (χ0) is 18.9. The molecule has 0 aromatic rings. The van der Waals surface area contributed by atoms with Crippen molar-refractivity contribution in [2.24, 2.45) is 0 Å². The van der Waals surface area contributed by atoms with Crippen LogP contribution in [0.2, 0.25) is 19.6 Å². The van der Waals surface area contributed by atoms with Gasteiger partial charge in [0.05, 0.1) is 0 Å². The summed E-state index contributed by atoms with van der Waals surface area (Å²) in [6.07, 6.45) is -3.26. The maximum absolute atomic E-state index is 11.7. The zero-order valence-electron chi connectivity index (χ0n) is 12.5. The Morgan fingerprint density at radius 3 is 1.39 bits per heavy atom. The molecule has 0 aromatic heterocycles. The molecule has 0 N–H and O–H groups in total. The molecule has 13 heteroatoms. The first kappa shape index (κ1) is 24.6. The van der Waals surface area contributed by atoms with Crippen LogP contribution in [0.4, 0.5) is 30.7 Å². The molecule has 1 heterocycles. The predicted octanol–water partition coefficient (Wildman–Crippen LogP) is 4.48. The van der Waals surface area contributed by atoms with E-state index in [1.807, 2.05) is 0 Å². The van der Waals surface area contributed by atoms with Gasteiger partial charge in [-0.25, -0.2) is 0 Å². The van der Waals surface area contributed by atoms with Gasteiger partial charge in [0.1, 0.15) is 0 Å². The second-order valence-corrected chi connectivity index (χ2v) is 11.2. The topological polar surface area (TPSA) is 52.6 Å². The maximum Gasteiger partial charge on any atom is 0.522 e. The van der Waals surface area contributed by atoms with Gasteiger partial charge in [-0.3, -0.25) is 0 Å². The lowest BCUT2D eigenvalue weighted by molar-refractivity contribution is -0.0503. The summed E-state index contributed by atoms with van der Waals surface area (Å²) in [5.74, 6) is 0. The fourth-order valence-corrected chi connectivity index (χ4v) is 3.90. The Bertz CT molecular complexity index is 441. The van der Waals surface area contributed by atoms with E-state index in [-0.39, 0.29) is 0 Å². The molecule has 0 aliphatic carbocycles. The van der Waals surface area contributed by atoms with Crippen molar-refractivity contribution >= 4 is 18.4 Å². The largest absolute Gasteiger partial charge is 0.522 e. The van der Waals surface area contributed by atoms with Crippen LogP contribution in [0.25, 0.3) is 0 Å². The lowest BCUT2D eigenvalue weighted by Gasteiger charge is -2.17. The van der Waals surface area contributed by atoms with Crippen LogP contribution in [0.1, 0.15) is 12.8 Å². The van der Waals surface area contributed by atoms with Gasteiger partial charge in [0.2, 0.25) is 8.32 Å². The number of hydrogen-bond donors (Lipinski definition) is 0. The summed E-state index contributed by atoms with van der Waals surface area (Å²) in [4.78, 5) is 0. The van der Waals surface area contributed by atoms with Gasteiger partial charge in [-0.15, -0.1) is 0 Å². The van der Waals surface area contributed by atoms with Crippen LogP contribution in [0, 0.1) is 0 Å². The molecule has 1 fully saturated rings. The van der Waals surface area contributed by atoms with E-state index < -0.39 is 36.1 Å². The molecule has 0 unspecified atom stereocenters. The van der Waals surface area contributed by atoms with Crippen molar-refractivity contribution < 1.29 is 47.8 Å². The molecule has 0 aromatic carbocycles. The molecule has 0 amide bonds. The maximum atomic E-state index is 11.7. The van der Waals surface area contributed by atoms with Crippen molar-refractivity contribution in [2.45, 2.75) is 38.0 Å². The first-order valence-electron chi connectivity index (χ1n) is 6.06. The summed E-state index contributed by atoms with van der Waals surface area (Å²) in [5, 5.41) is 0. The molecule has 1 aliphatic rings. The molecule has 0 saturated carbocycles. The van der Waals surface area contributed by atoms with Crippen LogP contribution in [-0.2, 0) is 18.7 Å². The highest BCUT2D eigenvalue weighted by Gasteiger charge is 2.49. The predicted molar refractivity (Wildman–Crippen MR) is 70.9 cm³/mol. The first-order valence-corrected chi connectivity index (χ1v) is 10.9. The Labute approximate surface area is 130 Å². The van der Waals surface area contributed by atoms with E-state index >= 15 is 0 Å². The van der Waals surface area contributed by atoms with E-state index in [1.54, 1.807) is 0 Å². The van der Waals surface area contributed by atoms with E-state index in [1.165, 1.54) is 32.5 Å². The van der Waals surface area contributed by atoms with Crippen LogP contribution < -0.4 is 0 Å². The summed E-state index contributed by atoms with van der Waals surface area (Å²) in [6.45, 7) is 6.07. The van der Waals surface area contributed by atoms with Crippen molar-refractivity contribution in [2.75, 3.05) is 13.2 Å². The van der Waals surface area contributed by atoms with Gasteiger partial charge < -0.3 is 8.61 Å². The van der Waals surface area contributed by atoms with E-state index in [4.69, 9.17) is 4.74 Å². The minimum absolute atomic E-state index is 1.00. The third-order valence-corrected chi connectivity index (χ3v) is 5.06. The average Bonchev–Trinajstić information content (AvgIpc) is 2.82. The number of halogens is 7. The standard InChI is InChI=1S/C4H9F3O3SSi.C4H8O.C2F4/c1-12(2,3)10-11(8,9)4(5,6)7;1-2-4-5-3-1;3-1(4)2(5)6/h1-3H3;1-4H2;. The van der Waals surface area contributed by atoms with Crippen molar-refractivity contribution in [3.8, 4) is 0 Å². The van der Waals surface area contributed by atoms with Gasteiger partial charge >= 0.3 is 27.8 Å². The normalized spacial score (nSPS) is 15.0. The van der Waals surface area contributed by atoms with Gasteiger partial charge in [0.15, 0.2) is 0 Å². The Hall–Kier alpha value is -0.663. The highest BCUT2D eigenvalue weighted by Crippen LogP contribution is 2.27. The molecular weight excluding hydrogens is 377 g/mol. The van der Waals surface area contributed by atoms with Crippen molar-refractivity contribution in [1.82, 2.24) is 0 Å². The van der Waals surface area contributed by atoms with Gasteiger partial charge in [-0.1, -0.05) is 0 Å². The Morgan fingerprint density at radius 2 is 1.30 bits per heavy atom. The van der Waals surface area contributed by atoms with Crippen LogP contribution in [0.5, 0.6) is 0 Å². The molecule has 4 nitrogen and oxygen atoms in total. The smallest absolute Gasteiger partial charge is 0.381 e. The molecule has 23 heavy (non-hydrogen) atoms. The summed E-state index contributed by atoms with van der Waals surface area (Å²) >= 11 is 0. The molecule has 1 rings (SSSR count). The molecular formula is C10H17F7O4SSi. The fourth-order valence-electron chi connectivity index (χ4n) is 0.887. The third-order valence-electron chi connectivity index (χ3n) is 1.61. The van der Waals surface area contributed by atoms with Crippen LogP contribution >= 0.6 is 0 Å². The monoisotopic (exact) mass is 394 g/mol. The van der Waals surface area contributed by atoms with E-state index in [9.17, 15) is 39.2 Å². The van der Waals surface area contributed by atoms with E-state index in [0.29, 0.717) is 0 Å². The summed E-state index contributed by atoms with van der Waals surface area (Å²) in [5.41, 5.74) is -5.31. The zero-order valence-corrected chi connectivity index (χ0v) is 14.3. The van der Waals surface area contributed by atoms with Crippen LogP contribution in [0.3, 0.4) is 0 Å². The Morgan fingerprint density at radius 1 is 0.957 bits per heavy atom. The molecule has 0 atom stereocenters. The Balaban J connectivity index is 0. The summed E-state index contributed by atoms with van der Waals surface area (Å²) < 4.78 is 106. The number of alkyl halides is 3. The quantitative estimate of drug-likeness (QED) is 0.394. The van der Waals surface area contributed by atoms with Gasteiger partial charge in [0.25, 0.3) is 0 Å². The van der Waals surface area contributed by atoms with Crippen molar-refractivity contribution in [1.29, 1.82) is 0 Å². The number of rotatable bonds is 2. The van der Waals surface area contributed by atoms with Crippen LogP contribution in [-0.4, -0.2) is 35.5 Å². The van der Waals surface area contributed by atoms with E-state index in [0.717, 1.165) is 13.2 Å². The SMILES string of the molecule is C1CCOC1.C[Si](C)(C)OS(=O)(=O)C(F)(F)F.FC(F)=C(F)F. The lowest BCUT2D eigenvalue weighted by Crippen LogP contribution is -2.36. The van der Waals surface area contributed by atoms with Crippen LogP contribution in [0.15, 0.2) is 12.2 Å². The highest BCUT2D eigenvalue weighted by atomic mass is 32.2. The minimum atomic E-state index is -5.39. The Kier molecular flexibility index (Phi) is 11.0. The van der Waals surface area contributed by atoms with Crippen molar-refractivity contribution in [3.05, 3.63) is 12.2 Å². The molecule has 0 radical (unpaired) electrons. The molecule has 1 aliphatic heterocycles. The lowest BCUT2D eigenvalue weighted by atomic mass is 10.4. The fraction of sp³-hybridized carbons (Fsp3) is 0.800. The van der Waals surface area contributed by atoms with Crippen molar-refractivity contribution in [3.63, 3.8) is 0 Å². The molecule has 0 bridgehead atoms.